The van der Waals surface area contributed by atoms with Crippen molar-refractivity contribution < 1.29 is 19.1 Å². The SMILES string of the molecule is CCc1ccccc1NC(=O)[C@H]1CCC(=O)N1[C@@H]1OC(=O)c2ccccc21. The number of nitrogens with zero attached hydrogens (tertiary/aromatic N) is 1. The fraction of sp³-hybridized carbons (Fsp3) is 0.286. The van der Waals surface area contributed by atoms with Crippen molar-refractivity contribution in [3.05, 3.63) is 65.2 Å². The maximum absolute atomic E-state index is 12.9. The Morgan fingerprint density at radius 2 is 1.89 bits per heavy atom. The third-order valence-corrected chi connectivity index (χ3v) is 5.13. The zero-order valence-corrected chi connectivity index (χ0v) is 15.0. The molecule has 4 rings (SSSR count). The lowest BCUT2D eigenvalue weighted by molar-refractivity contribution is -0.144. The maximum Gasteiger partial charge on any atom is 0.340 e. The summed E-state index contributed by atoms with van der Waals surface area (Å²) in [4.78, 5) is 39.0. The second kappa shape index (κ2) is 6.87. The van der Waals surface area contributed by atoms with Crippen molar-refractivity contribution in [3.8, 4) is 0 Å². The second-order valence-electron chi connectivity index (χ2n) is 6.70. The first-order chi connectivity index (χ1) is 13.1. The predicted molar refractivity (Wildman–Crippen MR) is 98.9 cm³/mol. The topological polar surface area (TPSA) is 75.7 Å². The van der Waals surface area contributed by atoms with E-state index < -0.39 is 18.2 Å². The first kappa shape index (κ1) is 17.3. The number of anilines is 1. The van der Waals surface area contributed by atoms with Gasteiger partial charge in [-0.05, 0) is 30.5 Å². The number of carbonyl (C=O) groups is 3. The van der Waals surface area contributed by atoms with Crippen LogP contribution in [-0.4, -0.2) is 28.7 Å². The summed E-state index contributed by atoms with van der Waals surface area (Å²) in [6.07, 6.45) is 0.594. The zero-order chi connectivity index (χ0) is 19.0. The zero-order valence-electron chi connectivity index (χ0n) is 15.0. The first-order valence-corrected chi connectivity index (χ1v) is 9.10. The van der Waals surface area contributed by atoms with Crippen molar-refractivity contribution in [2.45, 2.75) is 38.5 Å². The van der Waals surface area contributed by atoms with E-state index in [9.17, 15) is 14.4 Å². The third kappa shape index (κ3) is 2.97. The third-order valence-electron chi connectivity index (χ3n) is 5.13. The van der Waals surface area contributed by atoms with Crippen LogP contribution in [0.1, 0.15) is 47.5 Å². The monoisotopic (exact) mass is 364 g/mol. The summed E-state index contributed by atoms with van der Waals surface area (Å²) in [6, 6.07) is 13.9. The van der Waals surface area contributed by atoms with Gasteiger partial charge in [0.15, 0.2) is 0 Å². The minimum Gasteiger partial charge on any atom is -0.433 e. The van der Waals surface area contributed by atoms with Crippen LogP contribution >= 0.6 is 0 Å². The van der Waals surface area contributed by atoms with Crippen LogP contribution in [0.25, 0.3) is 0 Å². The molecular weight excluding hydrogens is 344 g/mol. The number of rotatable bonds is 4. The Bertz CT molecular complexity index is 924. The number of benzene rings is 2. The van der Waals surface area contributed by atoms with E-state index >= 15 is 0 Å². The van der Waals surface area contributed by atoms with Crippen molar-refractivity contribution in [3.63, 3.8) is 0 Å². The average Bonchev–Trinajstić information content (AvgIpc) is 3.22. The smallest absolute Gasteiger partial charge is 0.340 e. The van der Waals surface area contributed by atoms with Crippen molar-refractivity contribution in [2.24, 2.45) is 0 Å². The highest BCUT2D eigenvalue weighted by Gasteiger charge is 2.46. The van der Waals surface area contributed by atoms with E-state index in [0.717, 1.165) is 17.7 Å². The molecule has 2 heterocycles. The van der Waals surface area contributed by atoms with Gasteiger partial charge in [0.2, 0.25) is 18.0 Å². The summed E-state index contributed by atoms with van der Waals surface area (Å²) < 4.78 is 5.45. The van der Waals surface area contributed by atoms with E-state index in [-0.39, 0.29) is 18.2 Å². The summed E-state index contributed by atoms with van der Waals surface area (Å²) in [5, 5.41) is 2.94. The Morgan fingerprint density at radius 1 is 1.15 bits per heavy atom. The van der Waals surface area contributed by atoms with Gasteiger partial charge in [-0.3, -0.25) is 14.5 Å². The van der Waals surface area contributed by atoms with E-state index in [1.54, 1.807) is 24.3 Å². The van der Waals surface area contributed by atoms with E-state index in [4.69, 9.17) is 4.74 Å². The summed E-state index contributed by atoms with van der Waals surface area (Å²) >= 11 is 0. The van der Waals surface area contributed by atoms with Gasteiger partial charge in [0.25, 0.3) is 0 Å². The second-order valence-corrected chi connectivity index (χ2v) is 6.70. The van der Waals surface area contributed by atoms with Gasteiger partial charge in [-0.15, -0.1) is 0 Å². The van der Waals surface area contributed by atoms with Gasteiger partial charge in [-0.2, -0.15) is 0 Å². The number of carbonyl (C=O) groups excluding carboxylic acids is 3. The molecule has 2 aromatic carbocycles. The van der Waals surface area contributed by atoms with E-state index in [1.807, 2.05) is 31.2 Å². The van der Waals surface area contributed by atoms with Gasteiger partial charge < -0.3 is 10.1 Å². The number of aryl methyl sites for hydroxylation is 1. The maximum atomic E-state index is 12.9. The van der Waals surface area contributed by atoms with Crippen LogP contribution in [0.15, 0.2) is 48.5 Å². The summed E-state index contributed by atoms with van der Waals surface area (Å²) in [6.45, 7) is 2.02. The minimum absolute atomic E-state index is 0.187. The Morgan fingerprint density at radius 3 is 2.70 bits per heavy atom. The van der Waals surface area contributed by atoms with Gasteiger partial charge in [-0.1, -0.05) is 43.3 Å². The number of para-hydroxylation sites is 1. The molecule has 2 aromatic rings. The fourth-order valence-corrected chi connectivity index (χ4v) is 3.75. The first-order valence-electron chi connectivity index (χ1n) is 9.10. The quantitative estimate of drug-likeness (QED) is 0.846. The molecule has 27 heavy (non-hydrogen) atoms. The standard InChI is InChI=1S/C21H20N2O4/c1-2-13-7-3-6-10-16(13)22-19(25)17-11-12-18(24)23(17)20-14-8-4-5-9-15(14)21(26)27-20/h3-10,17,20H,2,11-12H2,1H3,(H,22,25)/t17-,20-/m1/s1. The van der Waals surface area contributed by atoms with Crippen molar-refractivity contribution in [1.82, 2.24) is 4.90 Å². The highest BCUT2D eigenvalue weighted by molar-refractivity contribution is 6.00. The molecule has 2 aliphatic rings. The molecule has 2 amide bonds. The van der Waals surface area contributed by atoms with Crippen LogP contribution < -0.4 is 5.32 Å². The lowest BCUT2D eigenvalue weighted by Crippen LogP contribution is -2.44. The van der Waals surface area contributed by atoms with Crippen molar-refractivity contribution in [1.29, 1.82) is 0 Å². The molecule has 1 fully saturated rings. The number of fused-ring (bicyclic) bond motifs is 1. The Kier molecular flexibility index (Phi) is 4.39. The number of hydrogen-bond donors (Lipinski definition) is 1. The molecule has 2 aliphatic heterocycles. The molecule has 6 nitrogen and oxygen atoms in total. The predicted octanol–water partition coefficient (Wildman–Crippen LogP) is 3.05. The number of likely N-dealkylation sites (tertiary alicyclic amines) is 1. The van der Waals surface area contributed by atoms with E-state index in [1.165, 1.54) is 4.90 Å². The Balaban J connectivity index is 1.61. The Labute approximate surface area is 157 Å². The van der Waals surface area contributed by atoms with E-state index in [2.05, 4.69) is 5.32 Å². The van der Waals surface area contributed by atoms with Gasteiger partial charge in [0.1, 0.15) is 6.04 Å². The molecule has 0 aromatic heterocycles. The van der Waals surface area contributed by atoms with Gasteiger partial charge in [0.05, 0.1) is 5.56 Å². The van der Waals surface area contributed by atoms with Gasteiger partial charge in [0, 0.05) is 17.7 Å². The van der Waals surface area contributed by atoms with Crippen LogP contribution in [0.3, 0.4) is 0 Å². The Hall–Kier alpha value is -3.15. The van der Waals surface area contributed by atoms with Crippen LogP contribution in [0.5, 0.6) is 0 Å². The van der Waals surface area contributed by atoms with Crippen LogP contribution in [0.4, 0.5) is 5.69 Å². The van der Waals surface area contributed by atoms with E-state index in [0.29, 0.717) is 17.5 Å². The molecule has 138 valence electrons. The fourth-order valence-electron chi connectivity index (χ4n) is 3.75. The molecular formula is C21H20N2O4. The molecule has 6 heteroatoms. The van der Waals surface area contributed by atoms with Crippen LogP contribution in [-0.2, 0) is 20.7 Å². The number of hydrogen-bond acceptors (Lipinski definition) is 4. The normalized spacial score (nSPS) is 21.1. The largest absolute Gasteiger partial charge is 0.433 e. The molecule has 0 unspecified atom stereocenters. The summed E-state index contributed by atoms with van der Waals surface area (Å²) in [5.74, 6) is -0.915. The van der Waals surface area contributed by atoms with Crippen LogP contribution in [0.2, 0.25) is 0 Å². The molecule has 0 aliphatic carbocycles. The lowest BCUT2D eigenvalue weighted by Gasteiger charge is -2.29. The summed E-state index contributed by atoms with van der Waals surface area (Å²) in [5.41, 5.74) is 2.84. The number of nitrogens with one attached hydrogen (secondary N) is 1. The number of ether oxygens (including phenoxy) is 1. The van der Waals surface area contributed by atoms with Crippen molar-refractivity contribution >= 4 is 23.5 Å². The molecule has 1 N–H and O–H groups in total. The number of cyclic esters (lactones) is 1. The highest BCUT2D eigenvalue weighted by Crippen LogP contribution is 2.38. The summed E-state index contributed by atoms with van der Waals surface area (Å²) in [7, 11) is 0. The minimum atomic E-state index is -0.846. The molecule has 2 atom stereocenters. The molecule has 1 saturated heterocycles. The van der Waals surface area contributed by atoms with Crippen molar-refractivity contribution in [2.75, 3.05) is 5.32 Å². The average molecular weight is 364 g/mol. The van der Waals surface area contributed by atoms with Crippen LogP contribution in [0, 0.1) is 0 Å². The number of amides is 2. The van der Waals surface area contributed by atoms with Gasteiger partial charge >= 0.3 is 5.97 Å². The molecule has 0 bridgehead atoms. The lowest BCUT2D eigenvalue weighted by atomic mass is 10.1. The molecule has 0 saturated carbocycles. The highest BCUT2D eigenvalue weighted by atomic mass is 16.6. The van der Waals surface area contributed by atoms with Gasteiger partial charge in [-0.25, -0.2) is 4.79 Å². The molecule has 0 radical (unpaired) electrons. The molecule has 0 spiro atoms. The number of esters is 1.